The molecule has 2 aliphatic heterocycles. The lowest BCUT2D eigenvalue weighted by Gasteiger charge is -2.06. The summed E-state index contributed by atoms with van der Waals surface area (Å²) < 4.78 is 5.66. The minimum absolute atomic E-state index is 0.149. The van der Waals surface area contributed by atoms with Gasteiger partial charge in [-0.2, -0.15) is 5.10 Å². The normalized spacial score (nSPS) is 10.5. The van der Waals surface area contributed by atoms with Gasteiger partial charge in [0.1, 0.15) is 11.3 Å². The number of H-pyrrole nitrogens is 1. The van der Waals surface area contributed by atoms with Crippen LogP contribution in [0.2, 0.25) is 0 Å². The van der Waals surface area contributed by atoms with Crippen LogP contribution in [0.15, 0.2) is 17.2 Å². The molecule has 3 N–H and O–H groups in total. The standard InChI is InChI=1S/C8H8N4O3/c1-15-8(14)5-3-12(9)2-4-6(5)10-11-7(4)13/h2-3H,9H2,1H3,(H,11,13). The van der Waals surface area contributed by atoms with E-state index in [0.717, 1.165) is 4.68 Å². The number of pyridine rings is 1. The van der Waals surface area contributed by atoms with Crippen molar-refractivity contribution in [1.29, 1.82) is 0 Å². The smallest absolute Gasteiger partial charge is 0.341 e. The molecule has 0 aromatic heterocycles. The van der Waals surface area contributed by atoms with E-state index in [1.54, 1.807) is 0 Å². The maximum absolute atomic E-state index is 11.3. The Morgan fingerprint density at radius 2 is 2.33 bits per heavy atom. The van der Waals surface area contributed by atoms with E-state index in [4.69, 9.17) is 5.84 Å². The molecule has 7 nitrogen and oxygen atoms in total. The molecular formula is C8H8N4O3. The molecular weight excluding hydrogens is 200 g/mol. The van der Waals surface area contributed by atoms with Gasteiger partial charge in [0.25, 0.3) is 5.56 Å². The summed E-state index contributed by atoms with van der Waals surface area (Å²) in [6.07, 6.45) is 2.72. The average Bonchev–Trinajstić information content (AvgIpc) is 2.58. The number of aromatic amines is 1. The topological polar surface area (TPSA) is 103 Å². The number of hydrogen-bond acceptors (Lipinski definition) is 5. The van der Waals surface area contributed by atoms with E-state index in [1.165, 1.54) is 19.5 Å². The van der Waals surface area contributed by atoms with Crippen molar-refractivity contribution < 1.29 is 9.53 Å². The van der Waals surface area contributed by atoms with Crippen LogP contribution >= 0.6 is 0 Å². The lowest BCUT2D eigenvalue weighted by molar-refractivity contribution is 0.0600. The fourth-order valence-corrected chi connectivity index (χ4v) is 1.32. The summed E-state index contributed by atoms with van der Waals surface area (Å²) in [5.41, 5.74) is 0.264. The van der Waals surface area contributed by atoms with Gasteiger partial charge in [0.05, 0.1) is 12.7 Å². The molecule has 0 bridgehead atoms. The van der Waals surface area contributed by atoms with Gasteiger partial charge in [-0.1, -0.05) is 0 Å². The van der Waals surface area contributed by atoms with Gasteiger partial charge in [-0.3, -0.25) is 9.47 Å². The molecule has 0 aromatic carbocycles. The highest BCUT2D eigenvalue weighted by Gasteiger charge is 2.21. The molecule has 0 unspecified atom stereocenters. The molecule has 0 atom stereocenters. The third kappa shape index (κ3) is 1.33. The second-order valence-corrected chi connectivity index (χ2v) is 2.93. The van der Waals surface area contributed by atoms with Gasteiger partial charge in [-0.25, -0.2) is 9.89 Å². The van der Waals surface area contributed by atoms with Gasteiger partial charge < -0.3 is 10.6 Å². The van der Waals surface area contributed by atoms with E-state index < -0.39 is 11.5 Å². The van der Waals surface area contributed by atoms with E-state index in [9.17, 15) is 9.59 Å². The van der Waals surface area contributed by atoms with Crippen molar-refractivity contribution >= 4 is 5.97 Å². The fraction of sp³-hybridized carbons (Fsp3) is 0.125. The zero-order chi connectivity index (χ0) is 11.0. The third-order valence-corrected chi connectivity index (χ3v) is 1.99. The predicted octanol–water partition coefficient (Wildman–Crippen LogP) is -0.823. The molecule has 2 aliphatic rings. The number of fused-ring (bicyclic) bond motifs is 1. The third-order valence-electron chi connectivity index (χ3n) is 1.99. The second kappa shape index (κ2) is 3.12. The monoisotopic (exact) mass is 208 g/mol. The van der Waals surface area contributed by atoms with Crippen molar-refractivity contribution in [2.75, 3.05) is 13.0 Å². The van der Waals surface area contributed by atoms with E-state index in [1.807, 2.05) is 0 Å². The Labute approximate surface area is 83.8 Å². The Bertz CT molecular complexity index is 541. The van der Waals surface area contributed by atoms with Crippen LogP contribution in [0.1, 0.15) is 10.4 Å². The Balaban J connectivity index is 2.74. The fourth-order valence-electron chi connectivity index (χ4n) is 1.32. The van der Waals surface area contributed by atoms with Crippen LogP contribution < -0.4 is 11.4 Å². The van der Waals surface area contributed by atoms with Crippen molar-refractivity contribution in [3.05, 3.63) is 28.3 Å². The minimum Gasteiger partial charge on any atom is -0.465 e. The molecule has 0 saturated carbocycles. The largest absolute Gasteiger partial charge is 0.465 e. The second-order valence-electron chi connectivity index (χ2n) is 2.93. The molecule has 7 heteroatoms. The number of methoxy groups -OCH3 is 1. The van der Waals surface area contributed by atoms with Gasteiger partial charge in [0.2, 0.25) is 0 Å². The Morgan fingerprint density at radius 3 is 3.00 bits per heavy atom. The summed E-state index contributed by atoms with van der Waals surface area (Å²) in [5.74, 6) is 4.88. The van der Waals surface area contributed by atoms with Gasteiger partial charge in [0.15, 0.2) is 0 Å². The molecule has 0 aliphatic carbocycles. The first-order valence-electron chi connectivity index (χ1n) is 4.07. The Kier molecular flexibility index (Phi) is 1.93. The Morgan fingerprint density at radius 1 is 1.60 bits per heavy atom. The van der Waals surface area contributed by atoms with E-state index in [-0.39, 0.29) is 16.8 Å². The number of carbonyl (C=O) groups is 1. The van der Waals surface area contributed by atoms with E-state index >= 15 is 0 Å². The first-order chi connectivity index (χ1) is 7.13. The molecule has 0 saturated heterocycles. The van der Waals surface area contributed by atoms with E-state index in [2.05, 4.69) is 14.9 Å². The van der Waals surface area contributed by atoms with Crippen molar-refractivity contribution in [2.24, 2.45) is 0 Å². The van der Waals surface area contributed by atoms with Crippen molar-refractivity contribution in [3.63, 3.8) is 0 Å². The molecule has 0 radical (unpaired) electrons. The summed E-state index contributed by atoms with van der Waals surface area (Å²) in [7, 11) is 1.24. The van der Waals surface area contributed by atoms with Gasteiger partial charge >= 0.3 is 5.97 Å². The number of nitrogens with zero attached hydrogens (tertiary/aromatic N) is 2. The maximum atomic E-state index is 11.3. The number of aromatic nitrogens is 3. The number of esters is 1. The highest BCUT2D eigenvalue weighted by atomic mass is 16.5. The molecule has 2 heterocycles. The Hall–Kier alpha value is -2.31. The van der Waals surface area contributed by atoms with Crippen LogP contribution in [0.4, 0.5) is 0 Å². The molecule has 0 fully saturated rings. The number of rotatable bonds is 1. The number of hydrogen-bond donors (Lipinski definition) is 2. The van der Waals surface area contributed by atoms with Crippen molar-refractivity contribution in [1.82, 2.24) is 14.9 Å². The number of nitrogens with two attached hydrogens (primary N) is 1. The summed E-state index contributed by atoms with van der Waals surface area (Å²) in [5, 5.41) is 5.96. The molecule has 0 aromatic rings. The van der Waals surface area contributed by atoms with Crippen LogP contribution in [0.3, 0.4) is 0 Å². The zero-order valence-corrected chi connectivity index (χ0v) is 7.85. The number of ether oxygens (including phenoxy) is 1. The summed E-state index contributed by atoms with van der Waals surface area (Å²) >= 11 is 0. The van der Waals surface area contributed by atoms with Crippen LogP contribution in [-0.4, -0.2) is 28.0 Å². The number of nitrogens with one attached hydrogen (secondary N) is 1. The lowest BCUT2D eigenvalue weighted by atomic mass is 10.1. The molecule has 0 amide bonds. The first-order valence-corrected chi connectivity index (χ1v) is 4.07. The number of carbonyl (C=O) groups excluding carboxylic acids is 1. The quantitative estimate of drug-likeness (QED) is 0.470. The predicted molar refractivity (Wildman–Crippen MR) is 51.0 cm³/mol. The molecule has 15 heavy (non-hydrogen) atoms. The first kappa shape index (κ1) is 9.25. The summed E-state index contributed by atoms with van der Waals surface area (Å²) in [6, 6.07) is 0. The van der Waals surface area contributed by atoms with E-state index in [0.29, 0.717) is 0 Å². The van der Waals surface area contributed by atoms with Crippen LogP contribution in [-0.2, 0) is 4.74 Å². The number of nitrogen functional groups attached to an aromatic ring is 1. The molecule has 78 valence electrons. The average molecular weight is 208 g/mol. The van der Waals surface area contributed by atoms with Crippen LogP contribution in [0.5, 0.6) is 0 Å². The highest BCUT2D eigenvalue weighted by Crippen LogP contribution is 2.19. The maximum Gasteiger partial charge on any atom is 0.341 e. The molecule has 0 spiro atoms. The molecule has 2 rings (SSSR count). The summed E-state index contributed by atoms with van der Waals surface area (Å²) in [6.45, 7) is 0. The van der Waals surface area contributed by atoms with Crippen LogP contribution in [0, 0.1) is 0 Å². The van der Waals surface area contributed by atoms with Crippen molar-refractivity contribution in [3.8, 4) is 11.3 Å². The minimum atomic E-state index is -0.591. The zero-order valence-electron chi connectivity index (χ0n) is 7.85. The van der Waals surface area contributed by atoms with Gasteiger partial charge in [0, 0.05) is 12.4 Å². The summed E-state index contributed by atoms with van der Waals surface area (Å²) in [4.78, 5) is 22.6. The lowest BCUT2D eigenvalue weighted by Crippen LogP contribution is -2.16. The van der Waals surface area contributed by atoms with Gasteiger partial charge in [-0.15, -0.1) is 0 Å². The highest BCUT2D eigenvalue weighted by molar-refractivity contribution is 5.95. The SMILES string of the molecule is COC(=O)c1cn(N)cc2c(=O)[nH]nc1-2. The van der Waals surface area contributed by atoms with Crippen molar-refractivity contribution in [2.45, 2.75) is 0 Å². The van der Waals surface area contributed by atoms with Gasteiger partial charge in [-0.05, 0) is 0 Å². The van der Waals surface area contributed by atoms with Crippen LogP contribution in [0.25, 0.3) is 11.3 Å².